The third kappa shape index (κ3) is 2.11. The van der Waals surface area contributed by atoms with Crippen molar-refractivity contribution in [3.05, 3.63) is 67.0 Å². The van der Waals surface area contributed by atoms with Crippen LogP contribution < -0.4 is 4.80 Å². The normalized spacial score (nSPS) is 9.78. The number of tetrazole rings is 1. The van der Waals surface area contributed by atoms with Crippen LogP contribution in [0, 0.1) is 0 Å². The van der Waals surface area contributed by atoms with Crippen LogP contribution in [0.15, 0.2) is 67.0 Å². The third-order valence-electron chi connectivity index (χ3n) is 2.48. The van der Waals surface area contributed by atoms with Crippen LogP contribution >= 0.6 is 0 Å². The Morgan fingerprint density at radius 3 is 2.11 bits per heavy atom. The molecule has 0 fully saturated rings. The summed E-state index contributed by atoms with van der Waals surface area (Å²) in [5, 5.41) is 8.46. The van der Waals surface area contributed by atoms with Crippen molar-refractivity contribution in [3.8, 4) is 11.4 Å². The van der Waals surface area contributed by atoms with Crippen LogP contribution in [0.25, 0.3) is 11.4 Å². The second kappa shape index (κ2) is 5.20. The van der Waals surface area contributed by atoms with Crippen molar-refractivity contribution in [1.29, 1.82) is 0 Å². The molecule has 0 aliphatic carbocycles. The van der Waals surface area contributed by atoms with Gasteiger partial charge in [-0.05, 0) is 34.2 Å². The average molecular weight is 240 g/mol. The quantitative estimate of drug-likeness (QED) is 0.635. The van der Waals surface area contributed by atoms with E-state index >= 15 is 0 Å². The Balaban J connectivity index is 0.00000120. The molecule has 0 radical (unpaired) electrons. The summed E-state index contributed by atoms with van der Waals surface area (Å²) in [7, 11) is 0. The molecule has 0 unspecified atom stereocenters. The van der Waals surface area contributed by atoms with Gasteiger partial charge in [0.1, 0.15) is 5.69 Å². The van der Waals surface area contributed by atoms with E-state index in [0.29, 0.717) is 0 Å². The summed E-state index contributed by atoms with van der Waals surface area (Å²) in [4.78, 5) is 3.52. The fourth-order valence-electron chi connectivity index (χ4n) is 1.69. The molecular weight excluding hydrogens is 228 g/mol. The van der Waals surface area contributed by atoms with Gasteiger partial charge >= 0.3 is 0 Å². The van der Waals surface area contributed by atoms with Crippen LogP contribution in [0.3, 0.4) is 0 Å². The molecule has 1 aromatic heterocycles. The van der Waals surface area contributed by atoms with Crippen molar-refractivity contribution >= 4 is 0 Å². The van der Waals surface area contributed by atoms with E-state index in [9.17, 15) is 0 Å². The average Bonchev–Trinajstić information content (AvgIpc) is 2.90. The SMILES string of the molecule is [OH-].c1ccc(-n2ncn[n+]2-c2ccccc2)cc1. The van der Waals surface area contributed by atoms with Gasteiger partial charge < -0.3 is 5.48 Å². The van der Waals surface area contributed by atoms with Crippen molar-refractivity contribution in [2.45, 2.75) is 0 Å². The van der Waals surface area contributed by atoms with Gasteiger partial charge in [-0.15, -0.1) is 0 Å². The highest BCUT2D eigenvalue weighted by Gasteiger charge is 2.14. The van der Waals surface area contributed by atoms with E-state index in [1.54, 1.807) is 15.9 Å². The Kier molecular flexibility index (Phi) is 3.45. The van der Waals surface area contributed by atoms with Crippen LogP contribution in [0.5, 0.6) is 0 Å². The number of nitrogens with zero attached hydrogens (tertiary/aromatic N) is 4. The third-order valence-corrected chi connectivity index (χ3v) is 2.48. The summed E-state index contributed by atoms with van der Waals surface area (Å²) in [6.45, 7) is 0. The maximum Gasteiger partial charge on any atom is 0.297 e. The molecule has 18 heavy (non-hydrogen) atoms. The summed E-state index contributed by atoms with van der Waals surface area (Å²) in [6, 6.07) is 19.8. The van der Waals surface area contributed by atoms with E-state index in [1.807, 2.05) is 60.7 Å². The molecule has 90 valence electrons. The Morgan fingerprint density at radius 1 is 0.833 bits per heavy atom. The number of para-hydroxylation sites is 2. The lowest BCUT2D eigenvalue weighted by atomic mass is 10.3. The minimum Gasteiger partial charge on any atom is -0.870 e. The molecule has 0 aliphatic rings. The molecule has 5 heteroatoms. The summed E-state index contributed by atoms with van der Waals surface area (Å²) in [5.41, 5.74) is 1.96. The first-order valence-corrected chi connectivity index (χ1v) is 5.38. The lowest BCUT2D eigenvalue weighted by molar-refractivity contribution is -0.735. The van der Waals surface area contributed by atoms with Crippen molar-refractivity contribution < 1.29 is 10.3 Å². The summed E-state index contributed by atoms with van der Waals surface area (Å²) in [5.74, 6) is 0. The molecule has 0 bridgehead atoms. The number of hydrogen-bond donors (Lipinski definition) is 0. The van der Waals surface area contributed by atoms with E-state index in [-0.39, 0.29) is 5.48 Å². The van der Waals surface area contributed by atoms with Crippen LogP contribution in [0.4, 0.5) is 0 Å². The van der Waals surface area contributed by atoms with Gasteiger partial charge in [-0.3, -0.25) is 0 Å². The fraction of sp³-hybridized carbons (Fsp3) is 0. The van der Waals surface area contributed by atoms with Crippen LogP contribution in [0.1, 0.15) is 0 Å². The van der Waals surface area contributed by atoms with Crippen molar-refractivity contribution in [2.75, 3.05) is 0 Å². The Bertz CT molecular complexity index is 553. The van der Waals surface area contributed by atoms with Gasteiger partial charge in [0.15, 0.2) is 5.69 Å². The highest BCUT2D eigenvalue weighted by molar-refractivity contribution is 5.28. The molecular formula is C13H12N4O. The Hall–Kier alpha value is -2.53. The van der Waals surface area contributed by atoms with Gasteiger partial charge in [0, 0.05) is 4.80 Å². The van der Waals surface area contributed by atoms with Gasteiger partial charge in [0.05, 0.1) is 5.10 Å². The maximum absolute atomic E-state index is 4.23. The molecule has 2 aromatic carbocycles. The van der Waals surface area contributed by atoms with Gasteiger partial charge in [-0.25, -0.2) is 0 Å². The zero-order valence-electron chi connectivity index (χ0n) is 9.59. The van der Waals surface area contributed by atoms with Crippen LogP contribution in [-0.4, -0.2) is 20.5 Å². The smallest absolute Gasteiger partial charge is 0.297 e. The van der Waals surface area contributed by atoms with Crippen molar-refractivity contribution in [2.24, 2.45) is 0 Å². The highest BCUT2D eigenvalue weighted by Crippen LogP contribution is 2.03. The van der Waals surface area contributed by atoms with Crippen LogP contribution in [-0.2, 0) is 0 Å². The van der Waals surface area contributed by atoms with Gasteiger partial charge in [-0.2, -0.15) is 0 Å². The molecule has 0 saturated carbocycles. The molecule has 1 N–H and O–H groups in total. The largest absolute Gasteiger partial charge is 0.870 e. The second-order valence-electron chi connectivity index (χ2n) is 3.60. The molecule has 3 aromatic rings. The summed E-state index contributed by atoms with van der Waals surface area (Å²) in [6.07, 6.45) is 1.54. The van der Waals surface area contributed by atoms with Crippen LogP contribution in [0.2, 0.25) is 0 Å². The summed E-state index contributed by atoms with van der Waals surface area (Å²) < 4.78 is 0. The van der Waals surface area contributed by atoms with Crippen molar-refractivity contribution in [3.63, 3.8) is 0 Å². The number of benzene rings is 2. The highest BCUT2D eigenvalue weighted by atomic mass is 16.0. The standard InChI is InChI=1S/C13H11N4.H2O/c1-3-7-12(8-4-1)16-14-11-15-17(16)13-9-5-2-6-10-13;/h1-11H;1H2/q+1;/p-1. The zero-order valence-corrected chi connectivity index (χ0v) is 9.59. The predicted octanol–water partition coefficient (Wildman–Crippen LogP) is 1.37. The van der Waals surface area contributed by atoms with E-state index in [1.165, 1.54) is 0 Å². The Morgan fingerprint density at radius 2 is 1.44 bits per heavy atom. The fourth-order valence-corrected chi connectivity index (χ4v) is 1.69. The summed E-state index contributed by atoms with van der Waals surface area (Å²) >= 11 is 0. The van der Waals surface area contributed by atoms with E-state index < -0.39 is 0 Å². The topological polar surface area (TPSA) is 64.6 Å². The molecule has 0 amide bonds. The van der Waals surface area contributed by atoms with Gasteiger partial charge in [-0.1, -0.05) is 36.4 Å². The first-order chi connectivity index (χ1) is 8.45. The molecule has 0 saturated heterocycles. The molecule has 0 aliphatic heterocycles. The number of hydrogen-bond acceptors (Lipinski definition) is 3. The minimum absolute atomic E-state index is 0. The first kappa shape index (κ1) is 11.9. The molecule has 3 rings (SSSR count). The number of aromatic nitrogens is 4. The molecule has 5 nitrogen and oxygen atoms in total. The zero-order chi connectivity index (χ0) is 11.5. The monoisotopic (exact) mass is 240 g/mol. The lowest BCUT2D eigenvalue weighted by Gasteiger charge is -1.98. The van der Waals surface area contributed by atoms with Crippen molar-refractivity contribution in [1.82, 2.24) is 15.0 Å². The lowest BCUT2D eigenvalue weighted by Crippen LogP contribution is -2.43. The van der Waals surface area contributed by atoms with E-state index in [4.69, 9.17) is 0 Å². The number of rotatable bonds is 2. The molecule has 0 atom stereocenters. The second-order valence-corrected chi connectivity index (χ2v) is 3.60. The van der Waals surface area contributed by atoms with E-state index in [0.717, 1.165) is 11.4 Å². The predicted molar refractivity (Wildman–Crippen MR) is 64.8 cm³/mol. The van der Waals surface area contributed by atoms with Gasteiger partial charge in [0.25, 0.3) is 6.33 Å². The maximum atomic E-state index is 4.23. The van der Waals surface area contributed by atoms with E-state index in [2.05, 4.69) is 10.2 Å². The molecule has 0 spiro atoms. The first-order valence-electron chi connectivity index (χ1n) is 5.38. The molecule has 1 heterocycles. The minimum atomic E-state index is 0. The Labute approximate surface area is 104 Å². The van der Waals surface area contributed by atoms with Gasteiger partial charge in [0.2, 0.25) is 0 Å².